The van der Waals surface area contributed by atoms with E-state index in [0.29, 0.717) is 13.1 Å². The number of hydrogen-bond acceptors (Lipinski definition) is 5. The number of hydrogen-bond donors (Lipinski definition) is 2. The fourth-order valence-electron chi connectivity index (χ4n) is 3.77. The summed E-state index contributed by atoms with van der Waals surface area (Å²) >= 11 is 0. The molecule has 1 unspecified atom stereocenters. The molecule has 22 heavy (non-hydrogen) atoms. The number of aliphatic hydroxyl groups is 2. The first-order chi connectivity index (χ1) is 10.4. The third-order valence-electron chi connectivity index (χ3n) is 5.36. The van der Waals surface area contributed by atoms with Crippen LogP contribution in [0.3, 0.4) is 0 Å². The summed E-state index contributed by atoms with van der Waals surface area (Å²) in [5.41, 5.74) is -0.547. The van der Waals surface area contributed by atoms with Crippen LogP contribution in [0.15, 0.2) is 0 Å². The van der Waals surface area contributed by atoms with Crippen LogP contribution in [-0.2, 0) is 0 Å². The maximum Gasteiger partial charge on any atom is 0.0793 e. The fourth-order valence-corrected chi connectivity index (χ4v) is 3.77. The quantitative estimate of drug-likeness (QED) is 0.746. The van der Waals surface area contributed by atoms with E-state index in [0.717, 1.165) is 64.3 Å². The maximum absolute atomic E-state index is 10.7. The Morgan fingerprint density at radius 3 is 2.36 bits per heavy atom. The van der Waals surface area contributed by atoms with E-state index < -0.39 is 5.60 Å². The van der Waals surface area contributed by atoms with Crippen LogP contribution < -0.4 is 0 Å². The molecule has 2 aliphatic rings. The molecule has 130 valence electrons. The first-order valence-electron chi connectivity index (χ1n) is 8.86. The van der Waals surface area contributed by atoms with Gasteiger partial charge in [-0.2, -0.15) is 0 Å². The Balaban J connectivity index is 1.68. The van der Waals surface area contributed by atoms with Crippen LogP contribution in [-0.4, -0.2) is 96.5 Å². The zero-order valence-electron chi connectivity index (χ0n) is 14.7. The number of nitrogens with zero attached hydrogens (tertiary/aromatic N) is 3. The van der Waals surface area contributed by atoms with Gasteiger partial charge in [0, 0.05) is 45.8 Å². The normalized spacial score (nSPS) is 33.3. The molecule has 0 bridgehead atoms. The molecule has 5 nitrogen and oxygen atoms in total. The Morgan fingerprint density at radius 1 is 1.18 bits per heavy atom. The number of rotatable bonds is 6. The molecule has 1 heterocycles. The summed E-state index contributed by atoms with van der Waals surface area (Å²) in [6.45, 7) is 8.58. The van der Waals surface area contributed by atoms with Crippen LogP contribution in [0.2, 0.25) is 0 Å². The number of aliphatic hydroxyl groups excluding tert-OH is 1. The van der Waals surface area contributed by atoms with Crippen LogP contribution in [0.5, 0.6) is 0 Å². The highest BCUT2D eigenvalue weighted by molar-refractivity contribution is 4.87. The maximum atomic E-state index is 10.7. The minimum absolute atomic E-state index is 0.334. The molecule has 2 rings (SSSR count). The second-order valence-corrected chi connectivity index (χ2v) is 7.86. The van der Waals surface area contributed by atoms with Crippen LogP contribution >= 0.6 is 0 Å². The van der Waals surface area contributed by atoms with Gasteiger partial charge in [0.25, 0.3) is 0 Å². The number of likely N-dealkylation sites (N-methyl/N-ethyl adjacent to an activating group) is 2. The summed E-state index contributed by atoms with van der Waals surface area (Å²) in [6, 6.07) is 0. The molecule has 1 saturated carbocycles. The predicted octanol–water partition coefficient (Wildman–Crippen LogP) is 0.468. The van der Waals surface area contributed by atoms with Crippen LogP contribution in [0.25, 0.3) is 0 Å². The van der Waals surface area contributed by atoms with Crippen molar-refractivity contribution in [2.45, 2.75) is 44.3 Å². The van der Waals surface area contributed by atoms with Crippen molar-refractivity contribution >= 4 is 0 Å². The Kier molecular flexibility index (Phi) is 6.65. The highest BCUT2D eigenvalue weighted by Crippen LogP contribution is 2.32. The van der Waals surface area contributed by atoms with E-state index in [4.69, 9.17) is 0 Å². The van der Waals surface area contributed by atoms with Gasteiger partial charge in [0.15, 0.2) is 0 Å². The van der Waals surface area contributed by atoms with Gasteiger partial charge in [-0.15, -0.1) is 0 Å². The predicted molar refractivity (Wildman–Crippen MR) is 90.0 cm³/mol. The van der Waals surface area contributed by atoms with E-state index in [-0.39, 0.29) is 6.10 Å². The van der Waals surface area contributed by atoms with E-state index >= 15 is 0 Å². The van der Waals surface area contributed by atoms with E-state index in [1.807, 2.05) is 7.05 Å². The molecule has 0 aromatic heterocycles. The molecular formula is C17H35N3O2. The topological polar surface area (TPSA) is 50.2 Å². The van der Waals surface area contributed by atoms with Gasteiger partial charge in [-0.1, -0.05) is 6.92 Å². The smallest absolute Gasteiger partial charge is 0.0793 e. The minimum Gasteiger partial charge on any atom is -0.390 e. The van der Waals surface area contributed by atoms with Gasteiger partial charge in [0.1, 0.15) is 0 Å². The van der Waals surface area contributed by atoms with Crippen LogP contribution in [0.1, 0.15) is 32.6 Å². The van der Waals surface area contributed by atoms with Crippen LogP contribution in [0.4, 0.5) is 0 Å². The molecule has 0 aromatic carbocycles. The average Bonchev–Trinajstić information content (AvgIpc) is 2.44. The van der Waals surface area contributed by atoms with Gasteiger partial charge in [0.05, 0.1) is 11.7 Å². The molecule has 1 saturated heterocycles. The van der Waals surface area contributed by atoms with Crippen molar-refractivity contribution in [3.8, 4) is 0 Å². The summed E-state index contributed by atoms with van der Waals surface area (Å²) in [4.78, 5) is 6.78. The van der Waals surface area contributed by atoms with Crippen molar-refractivity contribution < 1.29 is 10.2 Å². The monoisotopic (exact) mass is 313 g/mol. The van der Waals surface area contributed by atoms with Crippen molar-refractivity contribution in [1.29, 1.82) is 0 Å². The molecule has 2 fully saturated rings. The third kappa shape index (κ3) is 5.78. The third-order valence-corrected chi connectivity index (χ3v) is 5.36. The lowest BCUT2D eigenvalue weighted by Crippen LogP contribution is -2.50. The summed E-state index contributed by atoms with van der Waals surface area (Å²) in [5.74, 6) is 0.744. The van der Waals surface area contributed by atoms with Crippen molar-refractivity contribution in [1.82, 2.24) is 14.7 Å². The first kappa shape index (κ1) is 18.1. The molecule has 0 amide bonds. The summed E-state index contributed by atoms with van der Waals surface area (Å²) in [6.07, 6.45) is 3.70. The van der Waals surface area contributed by atoms with Crippen molar-refractivity contribution in [3.63, 3.8) is 0 Å². The number of piperazine rings is 1. The molecule has 1 atom stereocenters. The lowest BCUT2D eigenvalue weighted by Gasteiger charge is -2.39. The molecule has 5 heteroatoms. The van der Waals surface area contributed by atoms with Crippen molar-refractivity contribution in [2.75, 3.05) is 59.9 Å². The molecule has 0 radical (unpaired) electrons. The van der Waals surface area contributed by atoms with Gasteiger partial charge in [-0.3, -0.25) is 4.90 Å². The largest absolute Gasteiger partial charge is 0.390 e. The fraction of sp³-hybridized carbons (Fsp3) is 1.00. The van der Waals surface area contributed by atoms with Gasteiger partial charge in [0.2, 0.25) is 0 Å². The SMILES string of the molecule is CC1CCC(O)(CN(C)CC(O)CN2CCN(C)CC2)CC1. The highest BCUT2D eigenvalue weighted by Gasteiger charge is 2.33. The Hall–Kier alpha value is -0.200. The molecule has 1 aliphatic carbocycles. The van der Waals surface area contributed by atoms with Gasteiger partial charge in [-0.05, 0) is 45.7 Å². The Labute approximate surface area is 135 Å². The second kappa shape index (κ2) is 8.06. The van der Waals surface area contributed by atoms with Crippen molar-refractivity contribution in [3.05, 3.63) is 0 Å². The van der Waals surface area contributed by atoms with E-state index in [2.05, 4.69) is 28.7 Å². The molecule has 0 aromatic rings. The zero-order valence-corrected chi connectivity index (χ0v) is 14.7. The molecular weight excluding hydrogens is 278 g/mol. The average molecular weight is 313 g/mol. The Bertz CT molecular complexity index is 324. The highest BCUT2D eigenvalue weighted by atomic mass is 16.3. The molecule has 2 N–H and O–H groups in total. The van der Waals surface area contributed by atoms with E-state index in [9.17, 15) is 10.2 Å². The lowest BCUT2D eigenvalue weighted by molar-refractivity contribution is -0.0385. The minimum atomic E-state index is -0.547. The van der Waals surface area contributed by atoms with Crippen molar-refractivity contribution in [2.24, 2.45) is 5.92 Å². The first-order valence-corrected chi connectivity index (χ1v) is 8.86. The summed E-state index contributed by atoms with van der Waals surface area (Å²) < 4.78 is 0. The Morgan fingerprint density at radius 2 is 1.77 bits per heavy atom. The van der Waals surface area contributed by atoms with Gasteiger partial charge in [-0.25, -0.2) is 0 Å². The second-order valence-electron chi connectivity index (χ2n) is 7.86. The van der Waals surface area contributed by atoms with E-state index in [1.54, 1.807) is 0 Å². The van der Waals surface area contributed by atoms with Crippen LogP contribution in [0, 0.1) is 5.92 Å². The lowest BCUT2D eigenvalue weighted by atomic mass is 9.79. The van der Waals surface area contributed by atoms with E-state index in [1.165, 1.54) is 0 Å². The summed E-state index contributed by atoms with van der Waals surface area (Å²) in [7, 11) is 4.16. The standard InChI is InChI=1S/C17H35N3O2/c1-15-4-6-17(22,7-5-15)14-19(3)12-16(21)13-20-10-8-18(2)9-11-20/h15-16,21-22H,4-14H2,1-3H3. The molecule has 1 aliphatic heterocycles. The van der Waals surface area contributed by atoms with Gasteiger partial charge < -0.3 is 20.0 Å². The summed E-state index contributed by atoms with van der Waals surface area (Å²) in [5, 5.41) is 21.0. The zero-order chi connectivity index (χ0) is 16.2. The molecule has 0 spiro atoms. The van der Waals surface area contributed by atoms with Gasteiger partial charge >= 0.3 is 0 Å². The number of β-amino-alcohol motifs (C(OH)–C–C–N with tert-alkyl or cyclic N) is 1.